The molecule has 0 fully saturated rings. The minimum Gasteiger partial charge on any atom is -0.289 e. The van der Waals surface area contributed by atoms with Crippen LogP contribution in [0.1, 0.15) is 81.8 Å². The molecule has 154 valence electrons. The largest absolute Gasteiger partial charge is 0.431 e. The molecule has 4 heteroatoms. The summed E-state index contributed by atoms with van der Waals surface area (Å²) in [6, 6.07) is 7.87. The fourth-order valence-electron chi connectivity index (χ4n) is 3.90. The lowest BCUT2D eigenvalue weighted by Gasteiger charge is -2.22. The molecule has 0 aliphatic heterocycles. The SMILES string of the molecule is Cc1cc(C)c(C(=O)[P+](=O)C(C)C(=O)c2c(C)cc(C(C)(C)C)cc2C)c(C)c1. The number of hydrogen-bond acceptors (Lipinski definition) is 3. The van der Waals surface area contributed by atoms with E-state index in [1.165, 1.54) is 0 Å². The maximum absolute atomic E-state index is 13.2. The second-order valence-electron chi connectivity index (χ2n) is 9.18. The van der Waals surface area contributed by atoms with Crippen LogP contribution in [0.3, 0.4) is 0 Å². The molecule has 2 aromatic rings. The summed E-state index contributed by atoms with van der Waals surface area (Å²) in [6.07, 6.45) is 0. The molecule has 0 radical (unpaired) electrons. The minimum atomic E-state index is -2.38. The molecular weight excluding hydrogens is 379 g/mol. The summed E-state index contributed by atoms with van der Waals surface area (Å²) in [5, 5.41) is 0. The van der Waals surface area contributed by atoms with Gasteiger partial charge in [-0.05, 0) is 74.8 Å². The van der Waals surface area contributed by atoms with Crippen LogP contribution in [-0.4, -0.2) is 17.0 Å². The molecule has 2 atom stereocenters. The van der Waals surface area contributed by atoms with E-state index in [9.17, 15) is 14.2 Å². The summed E-state index contributed by atoms with van der Waals surface area (Å²) >= 11 is 0. The number of carbonyl (C=O) groups is 2. The zero-order valence-electron chi connectivity index (χ0n) is 19.1. The van der Waals surface area contributed by atoms with Crippen LogP contribution in [0.15, 0.2) is 24.3 Å². The Labute approximate surface area is 175 Å². The van der Waals surface area contributed by atoms with Crippen LogP contribution in [0.5, 0.6) is 0 Å². The van der Waals surface area contributed by atoms with Gasteiger partial charge in [0.2, 0.25) is 11.4 Å². The Kier molecular flexibility index (Phi) is 6.65. The smallest absolute Gasteiger partial charge is 0.289 e. The highest BCUT2D eigenvalue weighted by Gasteiger charge is 2.43. The zero-order chi connectivity index (χ0) is 22.3. The molecule has 0 heterocycles. The predicted molar refractivity (Wildman–Crippen MR) is 121 cm³/mol. The first kappa shape index (κ1) is 23.2. The molecular formula is C25H32O3P+. The van der Waals surface area contributed by atoms with Crippen LogP contribution in [-0.2, 0) is 9.98 Å². The number of benzene rings is 2. The van der Waals surface area contributed by atoms with Crippen LogP contribution in [0.4, 0.5) is 0 Å². The summed E-state index contributed by atoms with van der Waals surface area (Å²) < 4.78 is 13.1. The number of rotatable bonds is 5. The van der Waals surface area contributed by atoms with Gasteiger partial charge in [0, 0.05) is 5.56 Å². The van der Waals surface area contributed by atoms with Gasteiger partial charge in [0.25, 0.3) is 0 Å². The second kappa shape index (κ2) is 8.32. The molecule has 3 nitrogen and oxygen atoms in total. The Balaban J connectivity index is 2.40. The summed E-state index contributed by atoms with van der Waals surface area (Å²) in [6.45, 7) is 17.5. The maximum Gasteiger partial charge on any atom is 0.431 e. The first-order chi connectivity index (χ1) is 13.3. The Hall–Kier alpha value is -2.12. The van der Waals surface area contributed by atoms with E-state index in [-0.39, 0.29) is 11.2 Å². The normalized spacial score (nSPS) is 13.2. The van der Waals surface area contributed by atoms with E-state index >= 15 is 0 Å². The van der Waals surface area contributed by atoms with Crippen molar-refractivity contribution < 1.29 is 14.2 Å². The van der Waals surface area contributed by atoms with Crippen LogP contribution in [0.25, 0.3) is 0 Å². The van der Waals surface area contributed by atoms with Gasteiger partial charge in [-0.15, -0.1) is 0 Å². The van der Waals surface area contributed by atoms with Crippen molar-refractivity contribution in [2.75, 3.05) is 0 Å². The standard InChI is InChI=1S/C25H32O3P/c1-14-10-15(2)22(16(3)11-14)24(27)29(28)19(6)23(26)21-17(4)12-20(13-18(21)5)25(7,8)9/h10-13,19H,1-9H3/q+1. The molecule has 0 aromatic heterocycles. The fourth-order valence-corrected chi connectivity index (χ4v) is 5.17. The lowest BCUT2D eigenvalue weighted by Crippen LogP contribution is -2.20. The Morgan fingerprint density at radius 2 is 1.21 bits per heavy atom. The van der Waals surface area contributed by atoms with Crippen LogP contribution in [0.2, 0.25) is 0 Å². The molecule has 2 aromatic carbocycles. The monoisotopic (exact) mass is 411 g/mol. The van der Waals surface area contributed by atoms with Crippen molar-refractivity contribution in [2.45, 2.75) is 73.4 Å². The molecule has 0 N–H and O–H groups in total. The number of carbonyl (C=O) groups excluding carboxylic acids is 2. The van der Waals surface area contributed by atoms with Crippen molar-refractivity contribution in [3.8, 4) is 0 Å². The lowest BCUT2D eigenvalue weighted by atomic mass is 9.83. The molecule has 0 aliphatic rings. The van der Waals surface area contributed by atoms with Gasteiger partial charge in [0.15, 0.2) is 0 Å². The molecule has 0 bridgehead atoms. The van der Waals surface area contributed by atoms with Crippen molar-refractivity contribution in [1.29, 1.82) is 0 Å². The lowest BCUT2D eigenvalue weighted by molar-refractivity contribution is 0.0981. The number of hydrogen-bond donors (Lipinski definition) is 0. The molecule has 2 rings (SSSR count). The maximum atomic E-state index is 13.2. The first-order valence-electron chi connectivity index (χ1n) is 10.00. The van der Waals surface area contributed by atoms with Gasteiger partial charge < -0.3 is 0 Å². The summed E-state index contributed by atoms with van der Waals surface area (Å²) in [7, 11) is -2.38. The van der Waals surface area contributed by atoms with Gasteiger partial charge in [-0.25, -0.2) is 4.79 Å². The highest BCUT2D eigenvalue weighted by molar-refractivity contribution is 7.66. The van der Waals surface area contributed by atoms with Crippen molar-refractivity contribution in [3.05, 3.63) is 68.8 Å². The van der Waals surface area contributed by atoms with Gasteiger partial charge in [-0.3, -0.25) is 4.79 Å². The van der Waals surface area contributed by atoms with Crippen LogP contribution in [0, 0.1) is 34.6 Å². The van der Waals surface area contributed by atoms with Gasteiger partial charge in [-0.2, -0.15) is 0 Å². The van der Waals surface area contributed by atoms with E-state index in [1.807, 2.05) is 58.9 Å². The molecule has 0 saturated heterocycles. The van der Waals surface area contributed by atoms with E-state index in [0.29, 0.717) is 11.1 Å². The van der Waals surface area contributed by atoms with Gasteiger partial charge >= 0.3 is 13.3 Å². The van der Waals surface area contributed by atoms with Crippen molar-refractivity contribution in [3.63, 3.8) is 0 Å². The van der Waals surface area contributed by atoms with Gasteiger partial charge in [-0.1, -0.05) is 55.2 Å². The topological polar surface area (TPSA) is 51.2 Å². The van der Waals surface area contributed by atoms with E-state index in [4.69, 9.17) is 0 Å². The van der Waals surface area contributed by atoms with E-state index < -0.39 is 19.0 Å². The third-order valence-electron chi connectivity index (χ3n) is 5.47. The van der Waals surface area contributed by atoms with Crippen molar-refractivity contribution >= 4 is 19.1 Å². The molecule has 0 spiro atoms. The second-order valence-corrected chi connectivity index (χ2v) is 11.0. The van der Waals surface area contributed by atoms with E-state index in [2.05, 4.69) is 20.8 Å². The number of ketones is 1. The third kappa shape index (κ3) is 4.73. The molecule has 0 saturated carbocycles. The summed E-state index contributed by atoms with van der Waals surface area (Å²) in [4.78, 5) is 26.2. The molecule has 29 heavy (non-hydrogen) atoms. The molecule has 2 unspecified atom stereocenters. The molecule has 0 amide bonds. The first-order valence-corrected chi connectivity index (χ1v) is 11.3. The fraction of sp³-hybridized carbons (Fsp3) is 0.440. The van der Waals surface area contributed by atoms with E-state index in [1.54, 1.807) is 6.92 Å². The Morgan fingerprint density at radius 3 is 1.62 bits per heavy atom. The average Bonchev–Trinajstić information content (AvgIpc) is 2.57. The number of aryl methyl sites for hydroxylation is 5. The third-order valence-corrected chi connectivity index (χ3v) is 7.03. The van der Waals surface area contributed by atoms with E-state index in [0.717, 1.165) is 33.4 Å². The summed E-state index contributed by atoms with van der Waals surface area (Å²) in [5.74, 6) is -0.225. The predicted octanol–water partition coefficient (Wildman–Crippen LogP) is 6.77. The Bertz CT molecular complexity index is 963. The van der Waals surface area contributed by atoms with Gasteiger partial charge in [0.05, 0.1) is 5.56 Å². The van der Waals surface area contributed by atoms with Gasteiger partial charge in [0.1, 0.15) is 0 Å². The average molecular weight is 412 g/mol. The van der Waals surface area contributed by atoms with Crippen molar-refractivity contribution in [1.82, 2.24) is 0 Å². The van der Waals surface area contributed by atoms with Crippen LogP contribution >= 0.6 is 7.80 Å². The minimum absolute atomic E-state index is 0.0235. The highest BCUT2D eigenvalue weighted by Crippen LogP contribution is 2.38. The Morgan fingerprint density at radius 1 is 0.793 bits per heavy atom. The zero-order valence-corrected chi connectivity index (χ0v) is 20.0. The molecule has 0 aliphatic carbocycles. The van der Waals surface area contributed by atoms with Crippen molar-refractivity contribution in [2.24, 2.45) is 0 Å². The quantitative estimate of drug-likeness (QED) is 0.403. The number of Topliss-reactive ketones (excluding diaryl/α,β-unsaturated/α-hetero) is 1. The summed E-state index contributed by atoms with van der Waals surface area (Å²) in [5.41, 5.74) is 5.29. The highest BCUT2D eigenvalue weighted by atomic mass is 31.1. The van der Waals surface area contributed by atoms with Crippen LogP contribution < -0.4 is 0 Å².